The van der Waals surface area contributed by atoms with Crippen LogP contribution in [-0.2, 0) is 0 Å². The van der Waals surface area contributed by atoms with Gasteiger partial charge < -0.3 is 0 Å². The first-order chi connectivity index (χ1) is 12.7. The molecule has 0 aliphatic heterocycles. The maximum atomic E-state index is 12.1. The molecule has 27 heavy (non-hydrogen) atoms. The molecule has 2 nitrogen and oxygen atoms in total. The zero-order valence-electron chi connectivity index (χ0n) is 17.9. The van der Waals surface area contributed by atoms with E-state index in [1.54, 1.807) is 0 Å². The van der Waals surface area contributed by atoms with Gasteiger partial charge in [0.25, 0.3) is 0 Å². The highest BCUT2D eigenvalue weighted by Gasteiger charge is 1.88. The summed E-state index contributed by atoms with van der Waals surface area (Å²) >= 11 is 0. The lowest BCUT2D eigenvalue weighted by molar-refractivity contribution is 0.627. The van der Waals surface area contributed by atoms with E-state index in [2.05, 4.69) is 6.07 Å². The normalized spacial score (nSPS) is 6.52. The highest BCUT2D eigenvalue weighted by molar-refractivity contribution is 5.30. The molecule has 0 aliphatic carbocycles. The summed E-state index contributed by atoms with van der Waals surface area (Å²) in [4.78, 5) is 0. The maximum Gasteiger partial charge on any atom is 0.123 e. The SMILES string of the molecule is C.CC.CC.CC.CC.Cc1ccc(C#N)cc1.N#Cc1ccc(F)cc1. The standard InChI is InChI=1S/C8H7N.C7H4FN.4C2H6.CH4/c1-7-2-4-8(6-9)5-3-7;8-7-3-1-6(5-9)2-4-7;4*1-2;/h2-5H,1H3;1-4H;4*1-2H3;1H4. The molecule has 0 unspecified atom stereocenters. The molecule has 0 saturated carbocycles. The predicted octanol–water partition coefficient (Wildman–Crippen LogP) is 8.30. The second kappa shape index (κ2) is 31.2. The van der Waals surface area contributed by atoms with Gasteiger partial charge in [-0.05, 0) is 43.3 Å². The molecule has 0 spiro atoms. The summed E-state index contributed by atoms with van der Waals surface area (Å²) in [5.74, 6) is -0.311. The highest BCUT2D eigenvalue weighted by Crippen LogP contribution is 2.00. The van der Waals surface area contributed by atoms with Gasteiger partial charge in [0.1, 0.15) is 5.82 Å². The van der Waals surface area contributed by atoms with Crippen LogP contribution in [-0.4, -0.2) is 0 Å². The molecule has 2 aromatic carbocycles. The Morgan fingerprint density at radius 1 is 0.593 bits per heavy atom. The molecule has 0 aliphatic rings. The van der Waals surface area contributed by atoms with E-state index in [1.165, 1.54) is 29.8 Å². The molecule has 0 radical (unpaired) electrons. The van der Waals surface area contributed by atoms with Crippen molar-refractivity contribution in [2.75, 3.05) is 0 Å². The van der Waals surface area contributed by atoms with Crippen molar-refractivity contribution in [2.45, 2.75) is 69.7 Å². The summed E-state index contributed by atoms with van der Waals surface area (Å²) in [6.45, 7) is 18.0. The largest absolute Gasteiger partial charge is 0.207 e. The van der Waals surface area contributed by atoms with Crippen LogP contribution in [0.25, 0.3) is 0 Å². The number of nitriles is 2. The molecule has 0 fully saturated rings. The Balaban J connectivity index is -0.0000000851. The highest BCUT2D eigenvalue weighted by atomic mass is 19.1. The Morgan fingerprint density at radius 2 is 0.852 bits per heavy atom. The molecule has 0 bridgehead atoms. The number of hydrogen-bond donors (Lipinski definition) is 0. The van der Waals surface area contributed by atoms with Crippen molar-refractivity contribution in [3.05, 3.63) is 71.0 Å². The smallest absolute Gasteiger partial charge is 0.123 e. The van der Waals surface area contributed by atoms with Crippen LogP contribution in [0.1, 0.15) is 79.5 Å². The third-order valence-corrected chi connectivity index (χ3v) is 2.15. The van der Waals surface area contributed by atoms with E-state index < -0.39 is 0 Å². The van der Waals surface area contributed by atoms with Crippen molar-refractivity contribution in [1.29, 1.82) is 10.5 Å². The first kappa shape index (κ1) is 35.5. The molecule has 0 aromatic heterocycles. The Bertz CT molecular complexity index is 518. The predicted molar refractivity (Wildman–Crippen MR) is 119 cm³/mol. The summed E-state index contributed by atoms with van der Waals surface area (Å²) in [7, 11) is 0. The van der Waals surface area contributed by atoms with E-state index in [9.17, 15) is 4.39 Å². The zero-order chi connectivity index (χ0) is 21.4. The zero-order valence-corrected chi connectivity index (χ0v) is 17.9. The first-order valence-corrected chi connectivity index (χ1v) is 9.28. The summed E-state index contributed by atoms with van der Waals surface area (Å²) < 4.78 is 12.1. The van der Waals surface area contributed by atoms with Crippen LogP contribution in [0, 0.1) is 35.4 Å². The van der Waals surface area contributed by atoms with Gasteiger partial charge in [0, 0.05) is 0 Å². The molecule has 2 rings (SSSR count). The summed E-state index contributed by atoms with van der Waals surface area (Å²) in [6.07, 6.45) is 0. The van der Waals surface area contributed by atoms with Crippen molar-refractivity contribution < 1.29 is 4.39 Å². The lowest BCUT2D eigenvalue weighted by atomic mass is 10.2. The van der Waals surface area contributed by atoms with Crippen LogP contribution < -0.4 is 0 Å². The lowest BCUT2D eigenvalue weighted by Crippen LogP contribution is -1.73. The van der Waals surface area contributed by atoms with Crippen LogP contribution in [0.5, 0.6) is 0 Å². The lowest BCUT2D eigenvalue weighted by Gasteiger charge is -1.88. The van der Waals surface area contributed by atoms with E-state index in [0.29, 0.717) is 5.56 Å². The van der Waals surface area contributed by atoms with Gasteiger partial charge in [-0.2, -0.15) is 10.5 Å². The van der Waals surface area contributed by atoms with E-state index in [4.69, 9.17) is 10.5 Å². The van der Waals surface area contributed by atoms with Gasteiger partial charge in [-0.25, -0.2) is 4.39 Å². The molecular weight excluding hydrogens is 335 g/mol. The molecule has 0 saturated heterocycles. The van der Waals surface area contributed by atoms with Crippen LogP contribution in [0.2, 0.25) is 0 Å². The third kappa shape index (κ3) is 23.4. The number of aryl methyl sites for hydroxylation is 1. The monoisotopic (exact) mass is 374 g/mol. The number of benzene rings is 2. The van der Waals surface area contributed by atoms with Crippen molar-refractivity contribution in [3.63, 3.8) is 0 Å². The van der Waals surface area contributed by atoms with Crippen molar-refractivity contribution >= 4 is 0 Å². The van der Waals surface area contributed by atoms with Gasteiger partial charge in [-0.15, -0.1) is 0 Å². The van der Waals surface area contributed by atoms with E-state index in [0.717, 1.165) is 5.56 Å². The van der Waals surface area contributed by atoms with E-state index >= 15 is 0 Å². The molecule has 3 heteroatoms. The van der Waals surface area contributed by atoms with Gasteiger partial charge in [0.15, 0.2) is 0 Å². The van der Waals surface area contributed by atoms with E-state index in [1.807, 2.05) is 92.6 Å². The average molecular weight is 375 g/mol. The van der Waals surface area contributed by atoms with Gasteiger partial charge in [-0.1, -0.05) is 80.5 Å². The molecular formula is C24H39FN2. The maximum absolute atomic E-state index is 12.1. The van der Waals surface area contributed by atoms with Gasteiger partial charge in [0.05, 0.1) is 23.3 Å². The van der Waals surface area contributed by atoms with E-state index in [-0.39, 0.29) is 13.2 Å². The topological polar surface area (TPSA) is 47.6 Å². The molecule has 2 aromatic rings. The van der Waals surface area contributed by atoms with Crippen LogP contribution >= 0.6 is 0 Å². The van der Waals surface area contributed by atoms with Crippen molar-refractivity contribution in [1.82, 2.24) is 0 Å². The number of halogens is 1. The summed E-state index contributed by atoms with van der Waals surface area (Å²) in [5, 5.41) is 16.6. The summed E-state index contributed by atoms with van der Waals surface area (Å²) in [5.41, 5.74) is 2.39. The minimum Gasteiger partial charge on any atom is -0.207 e. The molecule has 0 atom stereocenters. The second-order valence-corrected chi connectivity index (χ2v) is 3.60. The number of nitrogens with zero attached hydrogens (tertiary/aromatic N) is 2. The quantitative estimate of drug-likeness (QED) is 0.465. The van der Waals surface area contributed by atoms with Crippen LogP contribution in [0.15, 0.2) is 48.5 Å². The molecule has 152 valence electrons. The number of hydrogen-bond acceptors (Lipinski definition) is 2. The second-order valence-electron chi connectivity index (χ2n) is 3.60. The van der Waals surface area contributed by atoms with Crippen LogP contribution in [0.4, 0.5) is 4.39 Å². The minimum atomic E-state index is -0.311. The van der Waals surface area contributed by atoms with Gasteiger partial charge in [0.2, 0.25) is 0 Å². The fourth-order valence-electron chi connectivity index (χ4n) is 1.15. The van der Waals surface area contributed by atoms with Gasteiger partial charge >= 0.3 is 0 Å². The van der Waals surface area contributed by atoms with Crippen molar-refractivity contribution in [3.8, 4) is 12.1 Å². The Labute approximate surface area is 168 Å². The van der Waals surface area contributed by atoms with Crippen LogP contribution in [0.3, 0.4) is 0 Å². The first-order valence-electron chi connectivity index (χ1n) is 9.28. The fourth-order valence-corrected chi connectivity index (χ4v) is 1.15. The van der Waals surface area contributed by atoms with Crippen molar-refractivity contribution in [2.24, 2.45) is 0 Å². The Morgan fingerprint density at radius 3 is 1.11 bits per heavy atom. The third-order valence-electron chi connectivity index (χ3n) is 2.15. The number of rotatable bonds is 0. The Hall–Kier alpha value is -2.65. The Kier molecular flexibility index (Phi) is 40.9. The van der Waals surface area contributed by atoms with Gasteiger partial charge in [-0.3, -0.25) is 0 Å². The minimum absolute atomic E-state index is 0. The average Bonchev–Trinajstić information content (AvgIpc) is 2.75. The molecule has 0 heterocycles. The summed E-state index contributed by atoms with van der Waals surface area (Å²) in [6, 6.07) is 16.8. The molecule has 0 N–H and O–H groups in total. The fraction of sp³-hybridized carbons (Fsp3) is 0.417. The molecule has 0 amide bonds.